The molecule has 2 heterocycles. The van der Waals surface area contributed by atoms with Crippen LogP contribution in [-0.2, 0) is 0 Å². The third kappa shape index (κ3) is 1.75. The summed E-state index contributed by atoms with van der Waals surface area (Å²) in [6, 6.07) is 0. The quantitative estimate of drug-likeness (QED) is 0.796. The van der Waals surface area contributed by atoms with Crippen molar-refractivity contribution in [2.24, 2.45) is 0 Å². The Kier molecular flexibility index (Phi) is 2.81. The predicted octanol–water partition coefficient (Wildman–Crippen LogP) is 2.56. The number of fused-ring (bicyclic) bond motifs is 1. The van der Waals surface area contributed by atoms with Crippen LogP contribution in [0.15, 0.2) is 12.4 Å². The van der Waals surface area contributed by atoms with Gasteiger partial charge in [-0.3, -0.25) is 0 Å². The van der Waals surface area contributed by atoms with Crippen LogP contribution in [0.25, 0.3) is 5.65 Å². The molecule has 2 rings (SSSR count). The molecule has 0 radical (unpaired) electrons. The van der Waals surface area contributed by atoms with E-state index in [9.17, 15) is 0 Å². The number of rotatable bonds is 3. The molecule has 2 aromatic rings. The van der Waals surface area contributed by atoms with E-state index in [2.05, 4.69) is 23.8 Å². The van der Waals surface area contributed by atoms with E-state index in [1.165, 1.54) is 0 Å². The van der Waals surface area contributed by atoms with Crippen molar-refractivity contribution in [1.29, 1.82) is 0 Å². The second-order valence-corrected chi connectivity index (χ2v) is 4.10. The lowest BCUT2D eigenvalue weighted by Crippen LogP contribution is -2.02. The Balaban J connectivity index is 2.62. The molecular formula is C12H17N3O. The fourth-order valence-electron chi connectivity index (χ4n) is 1.69. The van der Waals surface area contributed by atoms with Gasteiger partial charge >= 0.3 is 0 Å². The lowest BCUT2D eigenvalue weighted by molar-refractivity contribution is 0.397. The Morgan fingerprint density at radius 2 is 2.12 bits per heavy atom. The van der Waals surface area contributed by atoms with Gasteiger partial charge in [0.2, 0.25) is 5.65 Å². The molecule has 1 atom stereocenters. The first-order valence-corrected chi connectivity index (χ1v) is 5.56. The summed E-state index contributed by atoms with van der Waals surface area (Å²) < 4.78 is 7.27. The number of ether oxygens (including phenoxy) is 1. The van der Waals surface area contributed by atoms with Crippen molar-refractivity contribution in [3.05, 3.63) is 23.8 Å². The topological polar surface area (TPSA) is 39.4 Å². The average Bonchev–Trinajstić information content (AvgIpc) is 2.66. The summed E-state index contributed by atoms with van der Waals surface area (Å²) in [7, 11) is 1.63. The van der Waals surface area contributed by atoms with E-state index in [0.717, 1.165) is 23.5 Å². The van der Waals surface area contributed by atoms with Gasteiger partial charge in [-0.1, -0.05) is 13.8 Å². The predicted molar refractivity (Wildman–Crippen MR) is 63.0 cm³/mol. The Hall–Kier alpha value is -1.58. The summed E-state index contributed by atoms with van der Waals surface area (Å²) in [6.45, 7) is 6.29. The van der Waals surface area contributed by atoms with E-state index < -0.39 is 0 Å². The van der Waals surface area contributed by atoms with E-state index in [0.29, 0.717) is 11.8 Å². The maximum absolute atomic E-state index is 5.28. The molecule has 2 aromatic heterocycles. The summed E-state index contributed by atoms with van der Waals surface area (Å²) in [4.78, 5) is 8.88. The van der Waals surface area contributed by atoms with Crippen LogP contribution < -0.4 is 4.74 Å². The Morgan fingerprint density at radius 3 is 2.75 bits per heavy atom. The molecule has 0 aliphatic heterocycles. The number of imidazole rings is 1. The van der Waals surface area contributed by atoms with Crippen molar-refractivity contribution in [1.82, 2.24) is 14.4 Å². The van der Waals surface area contributed by atoms with Crippen molar-refractivity contribution >= 4 is 5.65 Å². The first kappa shape index (κ1) is 10.9. The SMILES string of the molecule is CCC(C)c1cn2cc(C)nc2c(OC)n1. The monoisotopic (exact) mass is 219 g/mol. The molecule has 0 N–H and O–H groups in total. The van der Waals surface area contributed by atoms with Crippen molar-refractivity contribution in [2.75, 3.05) is 7.11 Å². The molecule has 0 amide bonds. The molecule has 0 aliphatic rings. The van der Waals surface area contributed by atoms with Gasteiger partial charge in [0.1, 0.15) is 0 Å². The van der Waals surface area contributed by atoms with Gasteiger partial charge in [0, 0.05) is 12.4 Å². The zero-order valence-electron chi connectivity index (χ0n) is 10.2. The van der Waals surface area contributed by atoms with Crippen LogP contribution >= 0.6 is 0 Å². The fourth-order valence-corrected chi connectivity index (χ4v) is 1.69. The minimum absolute atomic E-state index is 0.431. The summed E-state index contributed by atoms with van der Waals surface area (Å²) >= 11 is 0. The number of hydrogen-bond acceptors (Lipinski definition) is 3. The number of nitrogens with zero attached hydrogens (tertiary/aromatic N) is 3. The molecule has 0 aliphatic carbocycles. The van der Waals surface area contributed by atoms with E-state index in [4.69, 9.17) is 4.74 Å². The molecule has 4 nitrogen and oxygen atoms in total. The standard InChI is InChI=1S/C12H17N3O/c1-5-8(2)10-7-15-6-9(3)13-11(15)12(14-10)16-4/h6-8H,5H2,1-4H3. The third-order valence-corrected chi connectivity index (χ3v) is 2.86. The molecule has 86 valence electrons. The molecule has 4 heteroatoms. The van der Waals surface area contributed by atoms with E-state index in [1.807, 2.05) is 23.7 Å². The van der Waals surface area contributed by atoms with E-state index in [1.54, 1.807) is 7.11 Å². The number of aryl methyl sites for hydroxylation is 1. The lowest BCUT2D eigenvalue weighted by Gasteiger charge is -2.10. The Bertz CT molecular complexity index is 504. The van der Waals surface area contributed by atoms with Crippen LogP contribution in [-0.4, -0.2) is 21.5 Å². The number of hydrogen-bond donors (Lipinski definition) is 0. The van der Waals surface area contributed by atoms with Gasteiger partial charge in [-0.2, -0.15) is 0 Å². The van der Waals surface area contributed by atoms with Crippen molar-refractivity contribution in [3.63, 3.8) is 0 Å². The average molecular weight is 219 g/mol. The van der Waals surface area contributed by atoms with Crippen LogP contribution in [0.5, 0.6) is 5.88 Å². The van der Waals surface area contributed by atoms with Crippen LogP contribution in [0.3, 0.4) is 0 Å². The van der Waals surface area contributed by atoms with Crippen LogP contribution in [0.1, 0.15) is 37.6 Å². The molecule has 0 aromatic carbocycles. The molecule has 16 heavy (non-hydrogen) atoms. The molecule has 0 fully saturated rings. The van der Waals surface area contributed by atoms with Crippen molar-refractivity contribution in [2.45, 2.75) is 33.1 Å². The fraction of sp³-hybridized carbons (Fsp3) is 0.500. The molecular weight excluding hydrogens is 202 g/mol. The Labute approximate surface area is 95.3 Å². The third-order valence-electron chi connectivity index (χ3n) is 2.86. The normalized spacial score (nSPS) is 13.0. The first-order chi connectivity index (χ1) is 7.65. The maximum atomic E-state index is 5.28. The van der Waals surface area contributed by atoms with E-state index in [-0.39, 0.29) is 0 Å². The van der Waals surface area contributed by atoms with Gasteiger partial charge < -0.3 is 9.14 Å². The lowest BCUT2D eigenvalue weighted by atomic mass is 10.1. The molecule has 0 spiro atoms. The van der Waals surface area contributed by atoms with Gasteiger partial charge in [-0.25, -0.2) is 9.97 Å². The highest BCUT2D eigenvalue weighted by molar-refractivity contribution is 5.50. The van der Waals surface area contributed by atoms with Gasteiger partial charge in [-0.15, -0.1) is 0 Å². The van der Waals surface area contributed by atoms with E-state index >= 15 is 0 Å². The number of methoxy groups -OCH3 is 1. The van der Waals surface area contributed by atoms with Crippen LogP contribution in [0.4, 0.5) is 0 Å². The summed E-state index contributed by atoms with van der Waals surface area (Å²) in [6.07, 6.45) is 5.09. The van der Waals surface area contributed by atoms with Gasteiger partial charge in [0.15, 0.2) is 0 Å². The van der Waals surface area contributed by atoms with Gasteiger partial charge in [0.05, 0.1) is 18.5 Å². The summed E-state index contributed by atoms with van der Waals surface area (Å²) in [5.41, 5.74) is 2.80. The second kappa shape index (κ2) is 4.12. The highest BCUT2D eigenvalue weighted by atomic mass is 16.5. The highest BCUT2D eigenvalue weighted by Crippen LogP contribution is 2.22. The smallest absolute Gasteiger partial charge is 0.258 e. The molecule has 0 bridgehead atoms. The van der Waals surface area contributed by atoms with Crippen LogP contribution in [0.2, 0.25) is 0 Å². The molecule has 0 saturated heterocycles. The zero-order valence-corrected chi connectivity index (χ0v) is 10.2. The minimum Gasteiger partial charge on any atom is -0.478 e. The summed E-state index contributed by atoms with van der Waals surface area (Å²) in [5, 5.41) is 0. The first-order valence-electron chi connectivity index (χ1n) is 5.56. The maximum Gasteiger partial charge on any atom is 0.258 e. The van der Waals surface area contributed by atoms with Crippen LogP contribution in [0, 0.1) is 6.92 Å². The zero-order chi connectivity index (χ0) is 11.7. The Morgan fingerprint density at radius 1 is 1.38 bits per heavy atom. The molecule has 1 unspecified atom stereocenters. The minimum atomic E-state index is 0.431. The second-order valence-electron chi connectivity index (χ2n) is 4.10. The highest BCUT2D eigenvalue weighted by Gasteiger charge is 2.12. The molecule has 0 saturated carbocycles. The van der Waals surface area contributed by atoms with Crippen molar-refractivity contribution < 1.29 is 4.74 Å². The number of aromatic nitrogens is 3. The van der Waals surface area contributed by atoms with Crippen molar-refractivity contribution in [3.8, 4) is 5.88 Å². The van der Waals surface area contributed by atoms with Gasteiger partial charge in [-0.05, 0) is 19.3 Å². The van der Waals surface area contributed by atoms with Gasteiger partial charge in [0.25, 0.3) is 5.88 Å². The summed E-state index contributed by atoms with van der Waals surface area (Å²) in [5.74, 6) is 1.03. The largest absolute Gasteiger partial charge is 0.478 e.